The third-order valence-electron chi connectivity index (χ3n) is 3.75. The molecule has 118 valence electrons. The van der Waals surface area contributed by atoms with Gasteiger partial charge in [0.15, 0.2) is 0 Å². The number of benzene rings is 1. The topological polar surface area (TPSA) is 81.4 Å². The number of hydrogen-bond donors (Lipinski definition) is 2. The normalized spacial score (nSPS) is 23.2. The molecule has 6 heteroatoms. The maximum atomic E-state index is 11.1. The Morgan fingerprint density at radius 1 is 1.33 bits per heavy atom. The van der Waals surface area contributed by atoms with Crippen LogP contribution in [0, 0.1) is 5.92 Å². The lowest BCUT2D eigenvalue weighted by molar-refractivity contribution is -0.0160. The van der Waals surface area contributed by atoms with Gasteiger partial charge in [-0.3, -0.25) is 0 Å². The highest BCUT2D eigenvalue weighted by atomic mass is 32.2. The van der Waals surface area contributed by atoms with Crippen molar-refractivity contribution in [2.24, 2.45) is 11.1 Å². The van der Waals surface area contributed by atoms with E-state index in [2.05, 4.69) is 19.2 Å². The zero-order valence-corrected chi connectivity index (χ0v) is 13.4. The average molecular weight is 312 g/mol. The van der Waals surface area contributed by atoms with Crippen LogP contribution in [0.1, 0.15) is 32.3 Å². The van der Waals surface area contributed by atoms with Crippen LogP contribution in [0.2, 0.25) is 0 Å². The molecule has 2 unspecified atom stereocenters. The highest BCUT2D eigenvalue weighted by Crippen LogP contribution is 2.23. The van der Waals surface area contributed by atoms with Crippen LogP contribution in [-0.4, -0.2) is 27.2 Å². The van der Waals surface area contributed by atoms with Crippen molar-refractivity contribution >= 4 is 15.7 Å². The van der Waals surface area contributed by atoms with Crippen molar-refractivity contribution in [1.29, 1.82) is 0 Å². The standard InChI is InChI=1S/C15H24N2O3S/c1-11(2)15-9-14(7-8-20-15)17-13-5-3-12(4-6-13)10-21(16,18)19/h3-6,11,14-15,17H,7-10H2,1-2H3,(H2,16,18,19). The van der Waals surface area contributed by atoms with Crippen LogP contribution in [0.3, 0.4) is 0 Å². The summed E-state index contributed by atoms with van der Waals surface area (Å²) in [7, 11) is -3.47. The maximum absolute atomic E-state index is 11.1. The SMILES string of the molecule is CC(C)C1CC(Nc2ccc(CS(N)(=O)=O)cc2)CCO1. The van der Waals surface area contributed by atoms with Gasteiger partial charge in [0.05, 0.1) is 11.9 Å². The summed E-state index contributed by atoms with van der Waals surface area (Å²) in [5.41, 5.74) is 1.71. The lowest BCUT2D eigenvalue weighted by atomic mass is 9.95. The van der Waals surface area contributed by atoms with E-state index in [9.17, 15) is 8.42 Å². The Labute approximate surface area is 126 Å². The van der Waals surface area contributed by atoms with E-state index >= 15 is 0 Å². The fourth-order valence-electron chi connectivity index (χ4n) is 2.59. The molecule has 1 aliphatic rings. The first kappa shape index (κ1) is 16.3. The third-order valence-corrected chi connectivity index (χ3v) is 4.49. The third kappa shape index (κ3) is 5.30. The number of nitrogens with one attached hydrogen (secondary N) is 1. The molecular formula is C15H24N2O3S. The predicted molar refractivity (Wildman–Crippen MR) is 84.5 cm³/mol. The Hall–Kier alpha value is -1.11. The van der Waals surface area contributed by atoms with E-state index in [-0.39, 0.29) is 5.75 Å². The maximum Gasteiger partial charge on any atom is 0.213 e. The van der Waals surface area contributed by atoms with Gasteiger partial charge in [-0.15, -0.1) is 0 Å². The molecule has 0 bridgehead atoms. The van der Waals surface area contributed by atoms with Crippen LogP contribution in [0.5, 0.6) is 0 Å². The first-order valence-electron chi connectivity index (χ1n) is 7.31. The van der Waals surface area contributed by atoms with Gasteiger partial charge in [-0.2, -0.15) is 0 Å². The Morgan fingerprint density at radius 3 is 2.57 bits per heavy atom. The van der Waals surface area contributed by atoms with Crippen LogP contribution in [0.15, 0.2) is 24.3 Å². The van der Waals surface area contributed by atoms with E-state index in [4.69, 9.17) is 9.88 Å². The van der Waals surface area contributed by atoms with Gasteiger partial charge in [0, 0.05) is 18.3 Å². The molecular weight excluding hydrogens is 288 g/mol. The highest BCUT2D eigenvalue weighted by molar-refractivity contribution is 7.88. The second-order valence-corrected chi connectivity index (χ2v) is 7.64. The Morgan fingerprint density at radius 2 is 2.00 bits per heavy atom. The zero-order chi connectivity index (χ0) is 15.5. The molecule has 0 spiro atoms. The second kappa shape index (κ2) is 6.77. The Kier molecular flexibility index (Phi) is 5.24. The van der Waals surface area contributed by atoms with Crippen molar-refractivity contribution in [3.05, 3.63) is 29.8 Å². The number of anilines is 1. The number of hydrogen-bond acceptors (Lipinski definition) is 4. The molecule has 1 aromatic carbocycles. The van der Waals surface area contributed by atoms with Crippen LogP contribution in [-0.2, 0) is 20.5 Å². The van der Waals surface area contributed by atoms with E-state index in [0.29, 0.717) is 23.6 Å². The van der Waals surface area contributed by atoms with E-state index in [1.54, 1.807) is 12.1 Å². The molecule has 1 aliphatic heterocycles. The molecule has 0 aliphatic carbocycles. The summed E-state index contributed by atoms with van der Waals surface area (Å²) >= 11 is 0. The van der Waals surface area contributed by atoms with Gasteiger partial charge in [-0.05, 0) is 36.5 Å². The zero-order valence-electron chi connectivity index (χ0n) is 12.6. The molecule has 1 saturated heterocycles. The lowest BCUT2D eigenvalue weighted by Gasteiger charge is -2.33. The van der Waals surface area contributed by atoms with Gasteiger partial charge >= 0.3 is 0 Å². The van der Waals surface area contributed by atoms with Crippen molar-refractivity contribution in [3.63, 3.8) is 0 Å². The monoisotopic (exact) mass is 312 g/mol. The summed E-state index contributed by atoms with van der Waals surface area (Å²) in [6, 6.07) is 7.80. The molecule has 0 amide bonds. The van der Waals surface area contributed by atoms with Crippen LogP contribution < -0.4 is 10.5 Å². The Bertz CT molecular complexity index is 555. The molecule has 0 saturated carbocycles. The summed E-state index contributed by atoms with van der Waals surface area (Å²) in [4.78, 5) is 0. The van der Waals surface area contributed by atoms with Gasteiger partial charge in [0.2, 0.25) is 10.0 Å². The summed E-state index contributed by atoms with van der Waals surface area (Å²) in [6.45, 7) is 5.13. The number of primary sulfonamides is 1. The molecule has 5 nitrogen and oxygen atoms in total. The van der Waals surface area contributed by atoms with Crippen LogP contribution >= 0.6 is 0 Å². The van der Waals surface area contributed by atoms with Gasteiger partial charge in [0.1, 0.15) is 0 Å². The minimum Gasteiger partial charge on any atom is -0.382 e. The number of rotatable bonds is 5. The first-order valence-corrected chi connectivity index (χ1v) is 9.02. The molecule has 2 rings (SSSR count). The molecule has 0 aromatic heterocycles. The first-order chi connectivity index (χ1) is 9.83. The van der Waals surface area contributed by atoms with Crippen molar-refractivity contribution < 1.29 is 13.2 Å². The number of ether oxygens (including phenoxy) is 1. The molecule has 3 N–H and O–H groups in total. The summed E-state index contributed by atoms with van der Waals surface area (Å²) in [5.74, 6) is 0.395. The molecule has 1 aromatic rings. The van der Waals surface area contributed by atoms with Crippen LogP contribution in [0.4, 0.5) is 5.69 Å². The lowest BCUT2D eigenvalue weighted by Crippen LogP contribution is -2.36. The van der Waals surface area contributed by atoms with Crippen molar-refractivity contribution in [2.75, 3.05) is 11.9 Å². The quantitative estimate of drug-likeness (QED) is 0.872. The summed E-state index contributed by atoms with van der Waals surface area (Å²) in [6.07, 6.45) is 2.29. The van der Waals surface area contributed by atoms with Gasteiger partial charge in [0.25, 0.3) is 0 Å². The van der Waals surface area contributed by atoms with E-state index in [1.165, 1.54) is 0 Å². The molecule has 1 heterocycles. The predicted octanol–water partition coefficient (Wildman–Crippen LogP) is 2.09. The summed E-state index contributed by atoms with van der Waals surface area (Å²) < 4.78 is 27.9. The minimum atomic E-state index is -3.47. The molecule has 1 fully saturated rings. The van der Waals surface area contributed by atoms with E-state index < -0.39 is 10.0 Å². The Balaban J connectivity index is 1.94. The van der Waals surface area contributed by atoms with Gasteiger partial charge < -0.3 is 10.1 Å². The van der Waals surface area contributed by atoms with Crippen molar-refractivity contribution in [1.82, 2.24) is 0 Å². The second-order valence-electron chi connectivity index (χ2n) is 6.02. The van der Waals surface area contributed by atoms with E-state index in [1.807, 2.05) is 12.1 Å². The molecule has 0 radical (unpaired) electrons. The number of sulfonamides is 1. The van der Waals surface area contributed by atoms with Crippen molar-refractivity contribution in [3.8, 4) is 0 Å². The smallest absolute Gasteiger partial charge is 0.213 e. The summed E-state index contributed by atoms with van der Waals surface area (Å²) in [5, 5.41) is 8.54. The van der Waals surface area contributed by atoms with Crippen molar-refractivity contribution in [2.45, 2.75) is 44.6 Å². The largest absolute Gasteiger partial charge is 0.382 e. The van der Waals surface area contributed by atoms with Crippen LogP contribution in [0.25, 0.3) is 0 Å². The fraction of sp³-hybridized carbons (Fsp3) is 0.600. The van der Waals surface area contributed by atoms with Gasteiger partial charge in [-0.1, -0.05) is 26.0 Å². The fourth-order valence-corrected chi connectivity index (χ4v) is 3.25. The molecule has 2 atom stereocenters. The van der Waals surface area contributed by atoms with Gasteiger partial charge in [-0.25, -0.2) is 13.6 Å². The molecule has 21 heavy (non-hydrogen) atoms. The minimum absolute atomic E-state index is 0.125. The van der Waals surface area contributed by atoms with E-state index in [0.717, 1.165) is 25.1 Å². The average Bonchev–Trinajstić information content (AvgIpc) is 2.40. The number of nitrogens with two attached hydrogens (primary N) is 1. The highest BCUT2D eigenvalue weighted by Gasteiger charge is 2.24.